The van der Waals surface area contributed by atoms with Crippen LogP contribution in [0.2, 0.25) is 0 Å². The molecule has 0 bridgehead atoms. The molecule has 2 atom stereocenters. The average molecular weight is 328 g/mol. The van der Waals surface area contributed by atoms with E-state index in [1.807, 2.05) is 6.92 Å². The second-order valence-electron chi connectivity index (χ2n) is 5.13. The second kappa shape index (κ2) is 5.34. The third kappa shape index (κ3) is 2.37. The minimum absolute atomic E-state index is 0.0385. The van der Waals surface area contributed by atoms with E-state index < -0.39 is 0 Å². The van der Waals surface area contributed by atoms with Gasteiger partial charge in [-0.15, -0.1) is 0 Å². The molecule has 0 spiro atoms. The Morgan fingerprint density at radius 1 is 1.63 bits per heavy atom. The van der Waals surface area contributed by atoms with Gasteiger partial charge in [-0.2, -0.15) is 5.10 Å². The van der Waals surface area contributed by atoms with Crippen molar-refractivity contribution in [1.29, 1.82) is 0 Å². The Balaban J connectivity index is 1.78. The summed E-state index contributed by atoms with van der Waals surface area (Å²) in [6.45, 7) is 5.14. The average Bonchev–Trinajstić information content (AvgIpc) is 3.02. The topological polar surface area (TPSA) is 47.4 Å². The molecule has 19 heavy (non-hydrogen) atoms. The van der Waals surface area contributed by atoms with E-state index in [2.05, 4.69) is 25.9 Å². The van der Waals surface area contributed by atoms with Gasteiger partial charge in [0.1, 0.15) is 11.8 Å². The SMILES string of the molecule is CCn1ncc(Br)c1C(=O)C1CN2CCCC2CO1. The van der Waals surface area contributed by atoms with E-state index in [0.29, 0.717) is 31.4 Å². The molecule has 2 saturated heterocycles. The number of carbonyl (C=O) groups is 1. The minimum atomic E-state index is -0.354. The number of hydrogen-bond acceptors (Lipinski definition) is 4. The van der Waals surface area contributed by atoms with Crippen molar-refractivity contribution in [2.45, 2.75) is 38.5 Å². The van der Waals surface area contributed by atoms with Gasteiger partial charge in [0.25, 0.3) is 0 Å². The summed E-state index contributed by atoms with van der Waals surface area (Å²) >= 11 is 3.41. The van der Waals surface area contributed by atoms with Gasteiger partial charge in [-0.3, -0.25) is 14.4 Å². The molecule has 1 aromatic rings. The fraction of sp³-hybridized carbons (Fsp3) is 0.692. The highest BCUT2D eigenvalue weighted by atomic mass is 79.9. The van der Waals surface area contributed by atoms with Crippen LogP contribution in [0.4, 0.5) is 0 Å². The zero-order valence-electron chi connectivity index (χ0n) is 11.0. The highest BCUT2D eigenvalue weighted by Crippen LogP contribution is 2.26. The molecule has 3 rings (SSSR count). The third-order valence-corrected chi connectivity index (χ3v) is 4.59. The smallest absolute Gasteiger partial charge is 0.211 e. The van der Waals surface area contributed by atoms with Crippen molar-refractivity contribution in [2.75, 3.05) is 19.7 Å². The summed E-state index contributed by atoms with van der Waals surface area (Å²) < 4.78 is 8.26. The van der Waals surface area contributed by atoms with Gasteiger partial charge in [-0.1, -0.05) is 0 Å². The first-order valence-corrected chi connectivity index (χ1v) is 7.61. The van der Waals surface area contributed by atoms with Gasteiger partial charge in [0, 0.05) is 19.1 Å². The summed E-state index contributed by atoms with van der Waals surface area (Å²) in [5.41, 5.74) is 0.630. The Bertz CT molecular complexity index is 488. The van der Waals surface area contributed by atoms with E-state index in [1.165, 1.54) is 12.8 Å². The number of rotatable bonds is 3. The molecule has 104 valence electrons. The molecule has 0 amide bonds. The van der Waals surface area contributed by atoms with Crippen LogP contribution in [-0.4, -0.2) is 52.3 Å². The Morgan fingerprint density at radius 2 is 2.47 bits per heavy atom. The first-order chi connectivity index (χ1) is 9.20. The quantitative estimate of drug-likeness (QED) is 0.793. The maximum absolute atomic E-state index is 12.6. The normalized spacial score (nSPS) is 27.5. The van der Waals surface area contributed by atoms with Gasteiger partial charge in [0.15, 0.2) is 0 Å². The molecule has 0 aromatic carbocycles. The van der Waals surface area contributed by atoms with Crippen molar-refractivity contribution >= 4 is 21.7 Å². The molecule has 0 N–H and O–H groups in total. The molecule has 1 aromatic heterocycles. The van der Waals surface area contributed by atoms with E-state index >= 15 is 0 Å². The molecule has 0 saturated carbocycles. The number of nitrogens with zero attached hydrogens (tertiary/aromatic N) is 3. The number of ether oxygens (including phenoxy) is 1. The molecule has 0 radical (unpaired) electrons. The van der Waals surface area contributed by atoms with Crippen LogP contribution in [0.5, 0.6) is 0 Å². The number of morpholine rings is 1. The summed E-state index contributed by atoms with van der Waals surface area (Å²) in [4.78, 5) is 15.0. The summed E-state index contributed by atoms with van der Waals surface area (Å²) in [6.07, 6.45) is 3.73. The van der Waals surface area contributed by atoms with Crippen LogP contribution < -0.4 is 0 Å². The van der Waals surface area contributed by atoms with Crippen molar-refractivity contribution in [2.24, 2.45) is 0 Å². The zero-order valence-corrected chi connectivity index (χ0v) is 12.6. The van der Waals surface area contributed by atoms with Gasteiger partial charge >= 0.3 is 0 Å². The van der Waals surface area contributed by atoms with Gasteiger partial charge in [-0.25, -0.2) is 0 Å². The Morgan fingerprint density at radius 3 is 3.26 bits per heavy atom. The van der Waals surface area contributed by atoms with Gasteiger partial charge < -0.3 is 4.74 Å². The van der Waals surface area contributed by atoms with Gasteiger partial charge in [0.2, 0.25) is 5.78 Å². The number of halogens is 1. The lowest BCUT2D eigenvalue weighted by molar-refractivity contribution is -0.0349. The van der Waals surface area contributed by atoms with Gasteiger partial charge in [-0.05, 0) is 42.2 Å². The van der Waals surface area contributed by atoms with Crippen molar-refractivity contribution in [3.63, 3.8) is 0 Å². The largest absolute Gasteiger partial charge is 0.367 e. The molecule has 6 heteroatoms. The lowest BCUT2D eigenvalue weighted by atomic mass is 10.1. The Hall–Kier alpha value is -0.720. The summed E-state index contributed by atoms with van der Waals surface area (Å²) in [5, 5.41) is 4.20. The fourth-order valence-electron chi connectivity index (χ4n) is 2.98. The summed E-state index contributed by atoms with van der Waals surface area (Å²) in [6, 6.07) is 0.517. The molecule has 2 aliphatic heterocycles. The van der Waals surface area contributed by atoms with Crippen LogP contribution in [0.1, 0.15) is 30.3 Å². The number of hydrogen-bond donors (Lipinski definition) is 0. The Kier molecular flexibility index (Phi) is 3.73. The summed E-state index contributed by atoms with van der Waals surface area (Å²) in [5.74, 6) is 0.0385. The van der Waals surface area contributed by atoms with E-state index in [-0.39, 0.29) is 11.9 Å². The predicted octanol–water partition coefficient (Wildman–Crippen LogP) is 1.71. The number of ketones is 1. The molecule has 2 unspecified atom stereocenters. The van der Waals surface area contributed by atoms with Crippen molar-refractivity contribution in [3.05, 3.63) is 16.4 Å². The first-order valence-electron chi connectivity index (χ1n) is 6.82. The maximum atomic E-state index is 12.6. The highest BCUT2D eigenvalue weighted by Gasteiger charge is 2.37. The summed E-state index contributed by atoms with van der Waals surface area (Å²) in [7, 11) is 0. The number of Topliss-reactive ketones (excluding diaryl/α,β-unsaturated/α-hetero) is 1. The molecule has 0 aliphatic carbocycles. The zero-order chi connectivity index (χ0) is 13.4. The number of fused-ring (bicyclic) bond motifs is 1. The van der Waals surface area contributed by atoms with Crippen LogP contribution in [0.25, 0.3) is 0 Å². The number of aromatic nitrogens is 2. The monoisotopic (exact) mass is 327 g/mol. The molecule has 2 fully saturated rings. The van der Waals surface area contributed by atoms with E-state index in [9.17, 15) is 4.79 Å². The van der Waals surface area contributed by atoms with Crippen LogP contribution in [-0.2, 0) is 11.3 Å². The Labute approximate surface area is 121 Å². The van der Waals surface area contributed by atoms with E-state index in [4.69, 9.17) is 4.74 Å². The second-order valence-corrected chi connectivity index (χ2v) is 5.99. The van der Waals surface area contributed by atoms with Crippen molar-refractivity contribution in [3.8, 4) is 0 Å². The number of aryl methyl sites for hydroxylation is 1. The lowest BCUT2D eigenvalue weighted by Gasteiger charge is -2.34. The van der Waals surface area contributed by atoms with E-state index in [0.717, 1.165) is 11.0 Å². The maximum Gasteiger partial charge on any atom is 0.211 e. The van der Waals surface area contributed by atoms with Gasteiger partial charge in [0.05, 0.1) is 17.3 Å². The standard InChI is InChI=1S/C13H18BrN3O2/c1-2-17-12(10(14)6-15-17)13(18)11-7-16-5-3-4-9(16)8-19-11/h6,9,11H,2-5,7-8H2,1H3. The van der Waals surface area contributed by atoms with Crippen LogP contribution in [0.3, 0.4) is 0 Å². The molecule has 3 heterocycles. The predicted molar refractivity (Wildman–Crippen MR) is 74.3 cm³/mol. The molecule has 2 aliphatic rings. The third-order valence-electron chi connectivity index (χ3n) is 4.01. The molecular formula is C13H18BrN3O2. The lowest BCUT2D eigenvalue weighted by Crippen LogP contribution is -2.49. The fourth-order valence-corrected chi connectivity index (χ4v) is 3.47. The van der Waals surface area contributed by atoms with Crippen LogP contribution in [0, 0.1) is 0 Å². The van der Waals surface area contributed by atoms with Crippen LogP contribution in [0.15, 0.2) is 10.7 Å². The minimum Gasteiger partial charge on any atom is -0.367 e. The van der Waals surface area contributed by atoms with Crippen molar-refractivity contribution in [1.82, 2.24) is 14.7 Å². The number of carbonyl (C=O) groups excluding carboxylic acids is 1. The van der Waals surface area contributed by atoms with E-state index in [1.54, 1.807) is 10.9 Å². The highest BCUT2D eigenvalue weighted by molar-refractivity contribution is 9.10. The molecular weight excluding hydrogens is 310 g/mol. The first kappa shape index (κ1) is 13.3. The van der Waals surface area contributed by atoms with Crippen LogP contribution >= 0.6 is 15.9 Å². The van der Waals surface area contributed by atoms with Crippen molar-refractivity contribution < 1.29 is 9.53 Å². The molecule has 5 nitrogen and oxygen atoms in total.